The number of allylic oxidation sites excluding steroid dienone is 2. The lowest BCUT2D eigenvalue weighted by atomic mass is 9.90. The van der Waals surface area contributed by atoms with Crippen LogP contribution in [0, 0.1) is 12.3 Å². The van der Waals surface area contributed by atoms with E-state index in [1.54, 1.807) is 0 Å². The smallest absolute Gasteiger partial charge is 0.0780 e. The van der Waals surface area contributed by atoms with Crippen molar-refractivity contribution >= 4 is 11.6 Å². The highest BCUT2D eigenvalue weighted by molar-refractivity contribution is 5.85. The van der Waals surface area contributed by atoms with Crippen LogP contribution in [0.1, 0.15) is 23.6 Å². The lowest BCUT2D eigenvalue weighted by molar-refractivity contribution is 1.42. The first-order valence-electron chi connectivity index (χ1n) is 8.85. The van der Waals surface area contributed by atoms with Gasteiger partial charge < -0.3 is 0 Å². The number of hydrogen-bond donors (Lipinski definition) is 0. The average molecular weight is 344 g/mol. The van der Waals surface area contributed by atoms with Gasteiger partial charge in [0, 0.05) is 0 Å². The van der Waals surface area contributed by atoms with Crippen molar-refractivity contribution in [2.45, 2.75) is 6.92 Å². The molecular formula is C27H20. The first-order chi connectivity index (χ1) is 13.3. The van der Waals surface area contributed by atoms with Gasteiger partial charge in [0.2, 0.25) is 0 Å². The fourth-order valence-electron chi connectivity index (χ4n) is 2.91. The van der Waals surface area contributed by atoms with Crippen LogP contribution in [0.25, 0.3) is 11.6 Å². The summed E-state index contributed by atoms with van der Waals surface area (Å²) in [6, 6.07) is 30.6. The minimum atomic E-state index is 0.699. The Morgan fingerprint density at radius 2 is 1.22 bits per heavy atom. The van der Waals surface area contributed by atoms with E-state index in [0.717, 1.165) is 27.8 Å². The van der Waals surface area contributed by atoms with Gasteiger partial charge >= 0.3 is 0 Å². The van der Waals surface area contributed by atoms with Crippen LogP contribution in [0.15, 0.2) is 114 Å². The highest BCUT2D eigenvalue weighted by Crippen LogP contribution is 2.29. The van der Waals surface area contributed by atoms with Gasteiger partial charge in [-0.05, 0) is 40.8 Å². The van der Waals surface area contributed by atoms with E-state index >= 15 is 0 Å². The summed E-state index contributed by atoms with van der Waals surface area (Å²) >= 11 is 0. The van der Waals surface area contributed by atoms with Crippen molar-refractivity contribution in [2.24, 2.45) is 0 Å². The molecule has 0 saturated heterocycles. The molecule has 0 radical (unpaired) electrons. The van der Waals surface area contributed by atoms with Gasteiger partial charge in [-0.3, -0.25) is 0 Å². The lowest BCUT2D eigenvalue weighted by Crippen LogP contribution is -1.94. The van der Waals surface area contributed by atoms with Crippen molar-refractivity contribution in [1.29, 1.82) is 0 Å². The van der Waals surface area contributed by atoms with E-state index < -0.39 is 0 Å². The van der Waals surface area contributed by atoms with Crippen molar-refractivity contribution in [1.82, 2.24) is 0 Å². The summed E-state index contributed by atoms with van der Waals surface area (Å²) in [6.07, 6.45) is 7.69. The quantitative estimate of drug-likeness (QED) is 0.286. The van der Waals surface area contributed by atoms with Gasteiger partial charge in [0.1, 0.15) is 0 Å². The molecule has 3 rings (SSSR count). The summed E-state index contributed by atoms with van der Waals surface area (Å²) in [5.74, 6) is 2.77. The standard InChI is InChI=1S/C27H20/c1-3-24(21-13-16-23-14-7-4-8-15-23)22(2)27(25-17-9-5-10-18-25)26-19-11-6-12-20-26/h1,4-12,14-20H,2H3. The van der Waals surface area contributed by atoms with Gasteiger partial charge in [0.15, 0.2) is 0 Å². The molecule has 27 heavy (non-hydrogen) atoms. The van der Waals surface area contributed by atoms with Crippen LogP contribution >= 0.6 is 0 Å². The van der Waals surface area contributed by atoms with Gasteiger partial charge in [0.25, 0.3) is 0 Å². The number of hydrogen-bond acceptors (Lipinski definition) is 0. The SMILES string of the molecule is C#CC(=C=C=Cc1ccccc1)C(C)=C(c1ccccc1)c1ccccc1. The van der Waals surface area contributed by atoms with Gasteiger partial charge in [-0.15, -0.1) is 6.42 Å². The van der Waals surface area contributed by atoms with Crippen molar-refractivity contribution < 1.29 is 0 Å². The number of rotatable bonds is 4. The van der Waals surface area contributed by atoms with Gasteiger partial charge in [-0.2, -0.15) is 0 Å². The van der Waals surface area contributed by atoms with E-state index in [9.17, 15) is 0 Å². The van der Waals surface area contributed by atoms with Crippen molar-refractivity contribution in [3.05, 3.63) is 130 Å². The Morgan fingerprint density at radius 3 is 1.70 bits per heavy atom. The monoisotopic (exact) mass is 344 g/mol. The van der Waals surface area contributed by atoms with Crippen LogP contribution in [-0.2, 0) is 0 Å². The maximum absolute atomic E-state index is 5.81. The van der Waals surface area contributed by atoms with E-state index in [1.807, 2.05) is 79.7 Å². The molecule has 0 atom stereocenters. The molecular weight excluding hydrogens is 324 g/mol. The molecule has 0 aliphatic rings. The van der Waals surface area contributed by atoms with E-state index in [0.29, 0.717) is 5.57 Å². The van der Waals surface area contributed by atoms with Crippen LogP contribution in [0.4, 0.5) is 0 Å². The zero-order valence-electron chi connectivity index (χ0n) is 15.3. The Balaban J connectivity index is 2.17. The maximum Gasteiger partial charge on any atom is 0.0780 e. The third-order valence-electron chi connectivity index (χ3n) is 4.25. The van der Waals surface area contributed by atoms with E-state index in [-0.39, 0.29) is 0 Å². The highest BCUT2D eigenvalue weighted by atomic mass is 14.1. The first-order valence-corrected chi connectivity index (χ1v) is 8.85. The zero-order chi connectivity index (χ0) is 18.9. The van der Waals surface area contributed by atoms with Crippen LogP contribution in [0.2, 0.25) is 0 Å². The topological polar surface area (TPSA) is 0 Å². The number of terminal acetylenes is 1. The highest BCUT2D eigenvalue weighted by Gasteiger charge is 2.10. The molecule has 0 aliphatic heterocycles. The van der Waals surface area contributed by atoms with Crippen molar-refractivity contribution in [3.8, 4) is 12.3 Å². The summed E-state index contributed by atoms with van der Waals surface area (Å²) in [5, 5.41) is 0. The zero-order valence-corrected chi connectivity index (χ0v) is 15.3. The average Bonchev–Trinajstić information content (AvgIpc) is 2.74. The van der Waals surface area contributed by atoms with Crippen LogP contribution in [-0.4, -0.2) is 0 Å². The third-order valence-corrected chi connectivity index (χ3v) is 4.25. The third kappa shape index (κ3) is 4.66. The Kier molecular flexibility index (Phi) is 6.08. The molecule has 3 aromatic carbocycles. The molecule has 0 amide bonds. The summed E-state index contributed by atoms with van der Waals surface area (Å²) in [5.41, 5.74) is 12.4. The fraction of sp³-hybridized carbons (Fsp3) is 0.0370. The molecule has 128 valence electrons. The van der Waals surface area contributed by atoms with E-state index in [2.05, 4.69) is 41.6 Å². The molecule has 0 heterocycles. The fourth-order valence-corrected chi connectivity index (χ4v) is 2.91. The minimum absolute atomic E-state index is 0.699. The summed E-state index contributed by atoms with van der Waals surface area (Å²) in [4.78, 5) is 0. The van der Waals surface area contributed by atoms with Gasteiger partial charge in [0.05, 0.1) is 5.57 Å². The second-order valence-electron chi connectivity index (χ2n) is 6.08. The molecule has 0 nitrogen and oxygen atoms in total. The molecule has 0 fully saturated rings. The second-order valence-corrected chi connectivity index (χ2v) is 6.08. The Morgan fingerprint density at radius 1 is 0.741 bits per heavy atom. The summed E-state index contributed by atoms with van der Waals surface area (Å²) in [6.45, 7) is 2.04. The molecule has 0 bridgehead atoms. The van der Waals surface area contributed by atoms with E-state index in [4.69, 9.17) is 6.42 Å². The van der Waals surface area contributed by atoms with Crippen molar-refractivity contribution in [2.75, 3.05) is 0 Å². The van der Waals surface area contributed by atoms with Crippen LogP contribution < -0.4 is 0 Å². The normalized spacial score (nSPS) is 9.33. The Hall–Kier alpha value is -3.74. The van der Waals surface area contributed by atoms with E-state index in [1.165, 1.54) is 0 Å². The molecule has 0 heteroatoms. The Labute approximate surface area is 161 Å². The molecule has 0 N–H and O–H groups in total. The maximum atomic E-state index is 5.81. The molecule has 0 spiro atoms. The largest absolute Gasteiger partial charge is 0.114 e. The molecule has 0 aromatic heterocycles. The lowest BCUT2D eigenvalue weighted by Gasteiger charge is -2.12. The van der Waals surface area contributed by atoms with Crippen LogP contribution in [0.3, 0.4) is 0 Å². The molecule has 0 unspecified atom stereocenters. The second kappa shape index (κ2) is 9.10. The van der Waals surface area contributed by atoms with Gasteiger partial charge in [-0.1, -0.05) is 108 Å². The predicted molar refractivity (Wildman–Crippen MR) is 115 cm³/mol. The predicted octanol–water partition coefficient (Wildman–Crippen LogP) is 6.54. The van der Waals surface area contributed by atoms with Crippen molar-refractivity contribution in [3.63, 3.8) is 0 Å². The number of benzene rings is 3. The molecule has 3 aromatic rings. The molecule has 0 aliphatic carbocycles. The summed E-state index contributed by atoms with van der Waals surface area (Å²) in [7, 11) is 0. The summed E-state index contributed by atoms with van der Waals surface area (Å²) < 4.78 is 0. The van der Waals surface area contributed by atoms with Gasteiger partial charge in [-0.25, -0.2) is 0 Å². The first kappa shape index (κ1) is 18.1. The molecule has 0 saturated carbocycles. The van der Waals surface area contributed by atoms with Crippen LogP contribution in [0.5, 0.6) is 0 Å². The minimum Gasteiger partial charge on any atom is -0.114 e. The Bertz CT molecular complexity index is 1020.